The average Bonchev–Trinajstić information content (AvgIpc) is 2.67. The maximum atomic E-state index is 12.0. The Kier molecular flexibility index (Phi) is 7.95. The minimum Gasteiger partial charge on any atom is -0.462 e. The molecule has 27 heavy (non-hydrogen) atoms. The first-order valence-electron chi connectivity index (χ1n) is 8.55. The zero-order valence-electron chi connectivity index (χ0n) is 14.9. The molecule has 2 aromatic carbocycles. The Morgan fingerprint density at radius 1 is 1.04 bits per heavy atom. The van der Waals surface area contributed by atoms with Gasteiger partial charge in [0.2, 0.25) is 5.91 Å². The number of hydrogen-bond donors (Lipinski definition) is 1. The number of rotatable bonds is 8. The summed E-state index contributed by atoms with van der Waals surface area (Å²) in [6, 6.07) is 13.3. The summed E-state index contributed by atoms with van der Waals surface area (Å²) < 4.78 is 6.02. The van der Waals surface area contributed by atoms with Gasteiger partial charge < -0.3 is 10.1 Å². The highest BCUT2D eigenvalue weighted by molar-refractivity contribution is 9.10. The summed E-state index contributed by atoms with van der Waals surface area (Å²) in [5.74, 6) is -1.16. The van der Waals surface area contributed by atoms with Crippen molar-refractivity contribution >= 4 is 39.3 Å². The number of allylic oxidation sites excluding steroid dienone is 1. The van der Waals surface area contributed by atoms with E-state index in [0.29, 0.717) is 23.4 Å². The van der Waals surface area contributed by atoms with Crippen molar-refractivity contribution in [2.24, 2.45) is 0 Å². The van der Waals surface area contributed by atoms with E-state index in [1.54, 1.807) is 42.5 Å². The van der Waals surface area contributed by atoms with E-state index >= 15 is 0 Å². The number of carbonyl (C=O) groups is 3. The number of amides is 1. The number of esters is 1. The maximum Gasteiger partial charge on any atom is 0.338 e. The zero-order valence-corrected chi connectivity index (χ0v) is 16.5. The molecule has 0 atom stereocenters. The van der Waals surface area contributed by atoms with E-state index in [1.807, 2.05) is 6.92 Å². The fourth-order valence-corrected chi connectivity index (χ4v) is 2.43. The average molecular weight is 430 g/mol. The highest BCUT2D eigenvalue weighted by atomic mass is 79.9. The third-order valence-corrected chi connectivity index (χ3v) is 4.14. The van der Waals surface area contributed by atoms with E-state index in [4.69, 9.17) is 4.74 Å². The van der Waals surface area contributed by atoms with Crippen molar-refractivity contribution in [1.82, 2.24) is 0 Å². The molecule has 0 aliphatic rings. The van der Waals surface area contributed by atoms with E-state index in [-0.39, 0.29) is 5.78 Å². The monoisotopic (exact) mass is 429 g/mol. The molecular weight excluding hydrogens is 410 g/mol. The van der Waals surface area contributed by atoms with Gasteiger partial charge in [-0.05, 0) is 55.0 Å². The van der Waals surface area contributed by atoms with Crippen LogP contribution in [0, 0.1) is 0 Å². The second-order valence-corrected chi connectivity index (χ2v) is 6.68. The van der Waals surface area contributed by atoms with Gasteiger partial charge >= 0.3 is 5.97 Å². The maximum absolute atomic E-state index is 12.0. The molecule has 5 nitrogen and oxygen atoms in total. The Bertz CT molecular complexity index is 844. The molecule has 0 aliphatic heterocycles. The molecule has 0 spiro atoms. The van der Waals surface area contributed by atoms with Crippen LogP contribution < -0.4 is 5.32 Å². The number of ether oxygens (including phenoxy) is 1. The molecule has 0 aromatic heterocycles. The van der Waals surface area contributed by atoms with Crippen LogP contribution in [0.2, 0.25) is 0 Å². The third-order valence-electron chi connectivity index (χ3n) is 3.61. The molecule has 0 saturated carbocycles. The molecule has 0 aliphatic carbocycles. The first-order chi connectivity index (χ1) is 13.0. The van der Waals surface area contributed by atoms with Gasteiger partial charge in [0, 0.05) is 21.8 Å². The number of anilines is 1. The van der Waals surface area contributed by atoms with Gasteiger partial charge in [0.1, 0.15) is 0 Å². The lowest BCUT2D eigenvalue weighted by atomic mass is 10.1. The van der Waals surface area contributed by atoms with Crippen LogP contribution in [0.5, 0.6) is 0 Å². The molecule has 0 heterocycles. The van der Waals surface area contributed by atoms with Crippen LogP contribution in [0.15, 0.2) is 65.2 Å². The van der Waals surface area contributed by atoms with E-state index in [9.17, 15) is 14.4 Å². The number of nitrogens with one attached hydrogen (secondary N) is 1. The number of ketones is 1. The summed E-state index contributed by atoms with van der Waals surface area (Å²) in [6.07, 6.45) is 4.12. The van der Waals surface area contributed by atoms with Crippen molar-refractivity contribution in [1.29, 1.82) is 0 Å². The van der Waals surface area contributed by atoms with Crippen molar-refractivity contribution < 1.29 is 19.1 Å². The smallest absolute Gasteiger partial charge is 0.338 e. The van der Waals surface area contributed by atoms with Crippen LogP contribution in [-0.4, -0.2) is 24.3 Å². The molecule has 1 N–H and O–H groups in total. The lowest BCUT2D eigenvalue weighted by Gasteiger charge is -2.06. The van der Waals surface area contributed by atoms with E-state index in [1.165, 1.54) is 12.1 Å². The Morgan fingerprint density at radius 2 is 1.78 bits per heavy atom. The summed E-state index contributed by atoms with van der Waals surface area (Å²) in [4.78, 5) is 36.0. The Hall–Kier alpha value is -2.73. The number of hydrogen-bond acceptors (Lipinski definition) is 4. The van der Waals surface area contributed by atoms with Crippen molar-refractivity contribution in [3.63, 3.8) is 0 Å². The predicted octanol–water partition coefficient (Wildman–Crippen LogP) is 4.78. The molecule has 0 bridgehead atoms. The zero-order chi connectivity index (χ0) is 19.6. The normalized spacial score (nSPS) is 10.6. The number of benzene rings is 2. The molecule has 1 amide bonds. The molecule has 0 unspecified atom stereocenters. The van der Waals surface area contributed by atoms with Crippen molar-refractivity contribution in [2.75, 3.05) is 11.9 Å². The van der Waals surface area contributed by atoms with Crippen LogP contribution in [0.4, 0.5) is 5.69 Å². The van der Waals surface area contributed by atoms with Crippen LogP contribution in [-0.2, 0) is 9.53 Å². The first-order valence-corrected chi connectivity index (χ1v) is 9.35. The Labute approximate surface area is 166 Å². The molecular formula is C21H20BrNO4. The van der Waals surface area contributed by atoms with Gasteiger partial charge in [-0.15, -0.1) is 0 Å². The van der Waals surface area contributed by atoms with Gasteiger partial charge in [0.15, 0.2) is 5.78 Å². The molecule has 0 radical (unpaired) electrons. The number of halogens is 1. The van der Waals surface area contributed by atoms with Gasteiger partial charge in [0.25, 0.3) is 0 Å². The fraction of sp³-hybridized carbons (Fsp3) is 0.190. The van der Waals surface area contributed by atoms with Gasteiger partial charge in [0.05, 0.1) is 12.2 Å². The van der Waals surface area contributed by atoms with Crippen LogP contribution in [0.1, 0.15) is 40.5 Å². The first kappa shape index (κ1) is 20.6. The number of carbonyl (C=O) groups excluding carboxylic acids is 3. The van der Waals surface area contributed by atoms with Crippen molar-refractivity contribution in [2.45, 2.75) is 19.8 Å². The molecule has 2 aromatic rings. The standard InChI is InChI=1S/C21H20BrNO4/c1-2-3-13-27-21(26)16-5-4-6-18(14-16)23-20(25)12-11-19(24)15-7-9-17(22)10-8-15/h4-12,14H,2-3,13H2,1H3,(H,23,25)/b12-11+. The molecule has 6 heteroatoms. The van der Waals surface area contributed by atoms with Gasteiger partial charge in [-0.25, -0.2) is 4.79 Å². The Balaban J connectivity index is 1.95. The van der Waals surface area contributed by atoms with Gasteiger partial charge in [-0.1, -0.05) is 35.3 Å². The highest BCUT2D eigenvalue weighted by Gasteiger charge is 2.09. The predicted molar refractivity (Wildman–Crippen MR) is 108 cm³/mol. The molecule has 0 fully saturated rings. The van der Waals surface area contributed by atoms with E-state index < -0.39 is 11.9 Å². The van der Waals surface area contributed by atoms with E-state index in [2.05, 4.69) is 21.2 Å². The highest BCUT2D eigenvalue weighted by Crippen LogP contribution is 2.13. The SMILES string of the molecule is CCCCOC(=O)c1cccc(NC(=O)/C=C/C(=O)c2ccc(Br)cc2)c1. The largest absolute Gasteiger partial charge is 0.462 e. The molecule has 140 valence electrons. The second-order valence-electron chi connectivity index (χ2n) is 5.76. The summed E-state index contributed by atoms with van der Waals surface area (Å²) in [5, 5.41) is 2.63. The summed E-state index contributed by atoms with van der Waals surface area (Å²) >= 11 is 3.30. The quantitative estimate of drug-likeness (QED) is 0.283. The second kappa shape index (κ2) is 10.4. The summed E-state index contributed by atoms with van der Waals surface area (Å²) in [7, 11) is 0. The van der Waals surface area contributed by atoms with Gasteiger partial charge in [-0.2, -0.15) is 0 Å². The van der Waals surface area contributed by atoms with Crippen molar-refractivity contribution in [3.05, 3.63) is 76.3 Å². The minimum atomic E-state index is -0.461. The topological polar surface area (TPSA) is 72.5 Å². The molecule has 2 rings (SSSR count). The van der Waals surface area contributed by atoms with Crippen molar-refractivity contribution in [3.8, 4) is 0 Å². The lowest BCUT2D eigenvalue weighted by molar-refractivity contribution is -0.111. The van der Waals surface area contributed by atoms with E-state index in [0.717, 1.165) is 23.4 Å². The van der Waals surface area contributed by atoms with Crippen LogP contribution in [0.3, 0.4) is 0 Å². The lowest BCUT2D eigenvalue weighted by Crippen LogP contribution is -2.11. The molecule has 0 saturated heterocycles. The minimum absolute atomic E-state index is 0.272. The van der Waals surface area contributed by atoms with Crippen LogP contribution in [0.25, 0.3) is 0 Å². The Morgan fingerprint density at radius 3 is 2.48 bits per heavy atom. The van der Waals surface area contributed by atoms with Gasteiger partial charge in [-0.3, -0.25) is 9.59 Å². The van der Waals surface area contributed by atoms with Crippen LogP contribution >= 0.6 is 15.9 Å². The fourth-order valence-electron chi connectivity index (χ4n) is 2.16. The summed E-state index contributed by atoms with van der Waals surface area (Å²) in [6.45, 7) is 2.38. The number of unbranched alkanes of at least 4 members (excludes halogenated alkanes) is 1. The third kappa shape index (κ3) is 6.83. The summed E-state index contributed by atoms with van der Waals surface area (Å²) in [5.41, 5.74) is 1.29.